The second-order valence-corrected chi connectivity index (χ2v) is 9.31. The van der Waals surface area contributed by atoms with Crippen LogP contribution >= 0.6 is 30.4 Å². The second-order valence-electron chi connectivity index (χ2n) is 6.74. The van der Waals surface area contributed by atoms with Crippen molar-refractivity contribution in [2.24, 2.45) is 0 Å². The Morgan fingerprint density at radius 2 is 2.12 bits per heavy atom. The number of fused-ring (bicyclic) bond motifs is 1. The number of rotatable bonds is 6. The number of halogens is 2. The summed E-state index contributed by atoms with van der Waals surface area (Å²) in [6, 6.07) is 5.39. The predicted molar refractivity (Wildman–Crippen MR) is 118 cm³/mol. The van der Waals surface area contributed by atoms with Crippen molar-refractivity contribution in [2.75, 3.05) is 6.61 Å². The maximum Gasteiger partial charge on any atom is 0.527 e. The molecule has 4 unspecified atom stereocenters. The molecule has 0 aliphatic carbocycles. The van der Waals surface area contributed by atoms with Crippen molar-refractivity contribution in [1.82, 2.24) is 20.7 Å². The van der Waals surface area contributed by atoms with E-state index in [0.29, 0.717) is 17.1 Å². The number of nitrogens with one attached hydrogen (secondary N) is 2. The maximum absolute atomic E-state index is 13.6. The number of nitrogens with zero attached hydrogens (tertiary/aromatic N) is 1. The zero-order valence-electron chi connectivity index (χ0n) is 16.2. The Hall–Kier alpha value is -2.07. The lowest BCUT2D eigenvalue weighted by molar-refractivity contribution is -0.0452. The number of phosphoric acid groups is 1. The summed E-state index contributed by atoms with van der Waals surface area (Å²) in [7, 11) is -4.68. The van der Waals surface area contributed by atoms with Crippen molar-refractivity contribution < 1.29 is 32.7 Å². The Morgan fingerprint density at radius 1 is 1.38 bits per heavy atom. The van der Waals surface area contributed by atoms with Gasteiger partial charge in [0.2, 0.25) is 5.82 Å². The minimum Gasteiger partial charge on any atom is -0.402 e. The summed E-state index contributed by atoms with van der Waals surface area (Å²) in [6.07, 6.45) is -1.51. The quantitative estimate of drug-likeness (QED) is 0.212. The highest BCUT2D eigenvalue weighted by Crippen LogP contribution is 2.49. The van der Waals surface area contributed by atoms with E-state index < -0.39 is 49.9 Å². The second kappa shape index (κ2) is 9.43. The van der Waals surface area contributed by atoms with Gasteiger partial charge in [-0.3, -0.25) is 23.8 Å². The normalized spacial score (nSPS) is 22.4. The number of aliphatic hydroxyl groups excluding tert-OH is 1. The van der Waals surface area contributed by atoms with E-state index in [4.69, 9.17) is 13.8 Å². The third-order valence-electron chi connectivity index (χ3n) is 4.68. The third kappa shape index (κ3) is 4.96. The molecule has 1 aromatic carbocycles. The van der Waals surface area contributed by atoms with E-state index in [2.05, 4.69) is 27.6 Å². The van der Waals surface area contributed by atoms with E-state index in [1.54, 1.807) is 17.1 Å². The van der Waals surface area contributed by atoms with Gasteiger partial charge in [-0.05, 0) is 40.8 Å². The van der Waals surface area contributed by atoms with Crippen LogP contribution in [-0.2, 0) is 13.8 Å². The van der Waals surface area contributed by atoms with Gasteiger partial charge in [0.1, 0.15) is 18.4 Å². The van der Waals surface area contributed by atoms with Crippen LogP contribution < -0.4 is 21.9 Å². The number of benzene rings is 1. The first-order chi connectivity index (χ1) is 14.7. The fraction of sp³-hybridized carbons (Fsp3) is 0.294. The number of hydrogen-bond donors (Lipinski definition) is 5. The lowest BCUT2D eigenvalue weighted by Crippen LogP contribution is -2.34. The van der Waals surface area contributed by atoms with Gasteiger partial charge in [0.15, 0.2) is 5.75 Å². The molecular weight excluding hydrogens is 565 g/mol. The molecule has 1 aliphatic rings. The fourth-order valence-corrected chi connectivity index (χ4v) is 4.78. The van der Waals surface area contributed by atoms with Crippen molar-refractivity contribution in [2.45, 2.75) is 24.9 Å². The zero-order valence-corrected chi connectivity index (χ0v) is 19.3. The molecule has 0 bridgehead atoms. The summed E-state index contributed by atoms with van der Waals surface area (Å²) in [6.45, 7) is -0.604. The Bertz CT molecular complexity index is 1290. The van der Waals surface area contributed by atoms with Crippen LogP contribution in [0.15, 0.2) is 40.2 Å². The molecule has 0 spiro atoms. The minimum absolute atomic E-state index is 0. The smallest absolute Gasteiger partial charge is 0.402 e. The van der Waals surface area contributed by atoms with E-state index in [0.717, 1.165) is 8.14 Å². The number of hydrogen-bond acceptors (Lipinski definition) is 8. The molecule has 1 saturated heterocycles. The molecule has 0 radical (unpaired) electrons. The number of aliphatic hydroxyl groups is 1. The van der Waals surface area contributed by atoms with E-state index in [1.165, 1.54) is 6.20 Å². The average Bonchev–Trinajstić information content (AvgIpc) is 3.27. The fourth-order valence-electron chi connectivity index (χ4n) is 3.28. The van der Waals surface area contributed by atoms with E-state index in [1.807, 2.05) is 6.07 Å². The number of aromatic nitrogens is 3. The highest BCUT2D eigenvalue weighted by atomic mass is 127. The molecule has 4 rings (SSSR count). The lowest BCUT2D eigenvalue weighted by atomic mass is 10.2. The van der Waals surface area contributed by atoms with Crippen LogP contribution in [-0.4, -0.2) is 43.3 Å². The molecule has 0 saturated carbocycles. The van der Waals surface area contributed by atoms with Crippen LogP contribution in [0.4, 0.5) is 4.39 Å². The minimum atomic E-state index is -4.68. The molecule has 3 heterocycles. The van der Waals surface area contributed by atoms with Gasteiger partial charge in [-0.25, -0.2) is 9.36 Å². The largest absolute Gasteiger partial charge is 0.527 e. The topological polar surface area (TPSA) is 191 Å². The van der Waals surface area contributed by atoms with Crippen molar-refractivity contribution >= 4 is 41.3 Å². The number of ether oxygens (including phenoxy) is 1. The molecule has 0 amide bonds. The lowest BCUT2D eigenvalue weighted by Gasteiger charge is -2.19. The molecule has 174 valence electrons. The van der Waals surface area contributed by atoms with E-state index in [9.17, 15) is 28.5 Å². The predicted octanol–water partition coefficient (Wildman–Crippen LogP) is 1.77. The SMILES string of the molecule is N.O=c1[nH]c(=O)n(C2CC(OP(=O)(O)Oc3c[nH]c4ccc(I)cc34)C(CO)O2)cc1F. The van der Waals surface area contributed by atoms with Gasteiger partial charge < -0.3 is 25.5 Å². The zero-order chi connectivity index (χ0) is 22.3. The number of aromatic amines is 2. The summed E-state index contributed by atoms with van der Waals surface area (Å²) < 4.78 is 43.7. The molecule has 12 nitrogen and oxygen atoms in total. The standard InChI is InChI=1S/C17H16FIN3O8P.H3N/c18-10-6-22(17(25)21-16(10)24)15-4-12(14(7-23)28-15)29-31(26,27)30-13-5-20-11-2-1-8(19)3-9(11)13;/h1-3,5-6,12,14-15,20,23H,4,7H2,(H,26,27)(H,21,24,25);1H3. The maximum atomic E-state index is 13.6. The van der Waals surface area contributed by atoms with Crippen LogP contribution in [0.1, 0.15) is 12.6 Å². The van der Waals surface area contributed by atoms with Gasteiger partial charge in [-0.1, -0.05) is 0 Å². The molecule has 7 N–H and O–H groups in total. The number of H-pyrrole nitrogens is 2. The molecule has 3 aromatic rings. The van der Waals surface area contributed by atoms with E-state index >= 15 is 0 Å². The molecule has 2 aromatic heterocycles. The molecule has 1 aliphatic heterocycles. The first kappa shape index (κ1) is 24.6. The Morgan fingerprint density at radius 3 is 2.84 bits per heavy atom. The summed E-state index contributed by atoms with van der Waals surface area (Å²) in [4.78, 5) is 38.1. The summed E-state index contributed by atoms with van der Waals surface area (Å²) in [5.41, 5.74) is -1.44. The van der Waals surface area contributed by atoms with Crippen LogP contribution in [0.25, 0.3) is 10.9 Å². The van der Waals surface area contributed by atoms with Gasteiger partial charge in [-0.2, -0.15) is 4.39 Å². The van der Waals surface area contributed by atoms with Gasteiger partial charge in [0.05, 0.1) is 12.8 Å². The van der Waals surface area contributed by atoms with Crippen LogP contribution in [0.3, 0.4) is 0 Å². The summed E-state index contributed by atoms with van der Waals surface area (Å²) >= 11 is 2.09. The van der Waals surface area contributed by atoms with Crippen LogP contribution in [0, 0.1) is 9.39 Å². The summed E-state index contributed by atoms with van der Waals surface area (Å²) in [5, 5.41) is 10.1. The van der Waals surface area contributed by atoms with Crippen molar-refractivity contribution in [1.29, 1.82) is 0 Å². The Kier molecular flexibility index (Phi) is 7.24. The molecule has 32 heavy (non-hydrogen) atoms. The third-order valence-corrected chi connectivity index (χ3v) is 6.32. The first-order valence-electron chi connectivity index (χ1n) is 8.91. The molecule has 15 heteroatoms. The summed E-state index contributed by atoms with van der Waals surface area (Å²) in [5.74, 6) is -1.12. The van der Waals surface area contributed by atoms with Crippen molar-refractivity contribution in [3.05, 3.63) is 60.8 Å². The van der Waals surface area contributed by atoms with Crippen LogP contribution in [0.2, 0.25) is 0 Å². The molecular formula is C17H19FIN4O8P. The van der Waals surface area contributed by atoms with Gasteiger partial charge >= 0.3 is 13.5 Å². The Balaban J connectivity index is 0.00000289. The van der Waals surface area contributed by atoms with Crippen molar-refractivity contribution in [3.8, 4) is 5.75 Å². The van der Waals surface area contributed by atoms with Crippen LogP contribution in [0.5, 0.6) is 5.75 Å². The Labute approximate surface area is 192 Å². The first-order valence-corrected chi connectivity index (χ1v) is 11.5. The monoisotopic (exact) mass is 584 g/mol. The van der Waals surface area contributed by atoms with E-state index in [-0.39, 0.29) is 18.3 Å². The molecule has 1 fully saturated rings. The van der Waals surface area contributed by atoms with Gasteiger partial charge in [-0.15, -0.1) is 0 Å². The van der Waals surface area contributed by atoms with Gasteiger partial charge in [0.25, 0.3) is 5.56 Å². The average molecular weight is 584 g/mol. The number of phosphoric ester groups is 1. The highest BCUT2D eigenvalue weighted by molar-refractivity contribution is 14.1. The molecule has 4 atom stereocenters. The van der Waals surface area contributed by atoms with Gasteiger partial charge in [0, 0.05) is 27.1 Å². The highest BCUT2D eigenvalue weighted by Gasteiger charge is 2.42. The van der Waals surface area contributed by atoms with Crippen molar-refractivity contribution in [3.63, 3.8) is 0 Å².